The Hall–Kier alpha value is -2.35. The lowest BCUT2D eigenvalue weighted by Gasteiger charge is -2.19. The van der Waals surface area contributed by atoms with Crippen molar-refractivity contribution < 1.29 is 0 Å². The van der Waals surface area contributed by atoms with Gasteiger partial charge in [0.15, 0.2) is 5.43 Å². The summed E-state index contributed by atoms with van der Waals surface area (Å²) in [5.74, 6) is 0. The predicted molar refractivity (Wildman–Crippen MR) is 88.7 cm³/mol. The highest BCUT2D eigenvalue weighted by atomic mass is 16.1. The van der Waals surface area contributed by atoms with Gasteiger partial charge in [0.2, 0.25) is 0 Å². The van der Waals surface area contributed by atoms with Gasteiger partial charge in [-0.2, -0.15) is 0 Å². The summed E-state index contributed by atoms with van der Waals surface area (Å²) in [6.45, 7) is 6.58. The second kappa shape index (κ2) is 4.88. The van der Waals surface area contributed by atoms with Gasteiger partial charge >= 0.3 is 0 Å². The van der Waals surface area contributed by atoms with Crippen molar-refractivity contribution in [2.24, 2.45) is 0 Å². The highest BCUT2D eigenvalue weighted by molar-refractivity contribution is 5.81. The van der Waals surface area contributed by atoms with Crippen molar-refractivity contribution in [1.82, 2.24) is 4.98 Å². The zero-order valence-corrected chi connectivity index (χ0v) is 12.6. The van der Waals surface area contributed by atoms with Crippen molar-refractivity contribution in [1.29, 1.82) is 0 Å². The fourth-order valence-electron chi connectivity index (χ4n) is 2.50. The maximum absolute atomic E-state index is 12.2. The van der Waals surface area contributed by atoms with E-state index in [0.717, 1.165) is 22.2 Å². The van der Waals surface area contributed by atoms with E-state index in [2.05, 4.69) is 50.0 Å². The Kier molecular flexibility index (Phi) is 3.17. The number of hydrogen-bond acceptors (Lipinski definition) is 1. The molecule has 0 aliphatic heterocycles. The minimum atomic E-state index is 0.0549. The first-order chi connectivity index (χ1) is 9.95. The zero-order valence-electron chi connectivity index (χ0n) is 12.6. The molecular weight excluding hydrogens is 258 g/mol. The van der Waals surface area contributed by atoms with Crippen LogP contribution < -0.4 is 5.43 Å². The van der Waals surface area contributed by atoms with Crippen LogP contribution in [-0.4, -0.2) is 4.98 Å². The summed E-state index contributed by atoms with van der Waals surface area (Å²) in [6.07, 6.45) is 0. The maximum atomic E-state index is 12.2. The van der Waals surface area contributed by atoms with Crippen LogP contribution in [0.2, 0.25) is 0 Å². The molecule has 0 atom stereocenters. The van der Waals surface area contributed by atoms with Gasteiger partial charge in [0.1, 0.15) is 0 Å². The third kappa shape index (κ3) is 2.62. The van der Waals surface area contributed by atoms with Gasteiger partial charge in [0, 0.05) is 22.7 Å². The van der Waals surface area contributed by atoms with E-state index in [1.165, 1.54) is 5.56 Å². The van der Waals surface area contributed by atoms with E-state index in [-0.39, 0.29) is 10.8 Å². The number of aromatic amines is 1. The lowest BCUT2D eigenvalue weighted by atomic mass is 9.86. The molecule has 0 bridgehead atoms. The quantitative estimate of drug-likeness (QED) is 0.698. The minimum Gasteiger partial charge on any atom is -0.354 e. The number of nitrogens with one attached hydrogen (secondary N) is 1. The summed E-state index contributed by atoms with van der Waals surface area (Å²) >= 11 is 0. The molecule has 1 aromatic heterocycles. The van der Waals surface area contributed by atoms with E-state index in [4.69, 9.17) is 0 Å². The largest absolute Gasteiger partial charge is 0.354 e. The van der Waals surface area contributed by atoms with Crippen LogP contribution in [0.15, 0.2) is 59.4 Å². The monoisotopic (exact) mass is 277 g/mol. The number of aromatic nitrogens is 1. The SMILES string of the molecule is CC(C)(C)c1ccc(-c2cc(=O)c3ccccc3[nH]2)cc1. The second-order valence-corrected chi connectivity index (χ2v) is 6.42. The summed E-state index contributed by atoms with van der Waals surface area (Å²) in [5.41, 5.74) is 4.24. The highest BCUT2D eigenvalue weighted by Gasteiger charge is 2.13. The van der Waals surface area contributed by atoms with E-state index in [1.807, 2.05) is 24.3 Å². The average molecular weight is 277 g/mol. The van der Waals surface area contributed by atoms with Crippen molar-refractivity contribution in [2.75, 3.05) is 0 Å². The van der Waals surface area contributed by atoms with Gasteiger partial charge in [-0.1, -0.05) is 57.2 Å². The molecule has 0 aliphatic rings. The third-order valence-corrected chi connectivity index (χ3v) is 3.80. The Morgan fingerprint density at radius 2 is 1.57 bits per heavy atom. The molecule has 0 fully saturated rings. The number of rotatable bonds is 1. The summed E-state index contributed by atoms with van der Waals surface area (Å²) in [4.78, 5) is 15.5. The van der Waals surface area contributed by atoms with Gasteiger partial charge in [0.25, 0.3) is 0 Å². The smallest absolute Gasteiger partial charge is 0.190 e. The van der Waals surface area contributed by atoms with Crippen molar-refractivity contribution in [2.45, 2.75) is 26.2 Å². The van der Waals surface area contributed by atoms with Gasteiger partial charge in [-0.3, -0.25) is 4.79 Å². The molecule has 0 unspecified atom stereocenters. The van der Waals surface area contributed by atoms with Crippen LogP contribution in [0.5, 0.6) is 0 Å². The Morgan fingerprint density at radius 1 is 0.905 bits per heavy atom. The average Bonchev–Trinajstić information content (AvgIpc) is 2.46. The molecule has 2 aromatic carbocycles. The van der Waals surface area contributed by atoms with E-state index < -0.39 is 0 Å². The number of pyridine rings is 1. The molecule has 1 heterocycles. The lowest BCUT2D eigenvalue weighted by molar-refractivity contribution is 0.590. The van der Waals surface area contributed by atoms with E-state index in [0.29, 0.717) is 0 Å². The summed E-state index contributed by atoms with van der Waals surface area (Å²) in [5, 5.41) is 0.729. The van der Waals surface area contributed by atoms with Crippen molar-refractivity contribution >= 4 is 10.9 Å². The molecule has 0 amide bonds. The summed E-state index contributed by atoms with van der Waals surface area (Å²) < 4.78 is 0. The number of hydrogen-bond donors (Lipinski definition) is 1. The molecule has 21 heavy (non-hydrogen) atoms. The van der Waals surface area contributed by atoms with E-state index in [1.54, 1.807) is 6.07 Å². The third-order valence-electron chi connectivity index (χ3n) is 3.80. The van der Waals surface area contributed by atoms with E-state index >= 15 is 0 Å². The van der Waals surface area contributed by atoms with Crippen molar-refractivity contribution in [3.63, 3.8) is 0 Å². The molecular formula is C19H19NO. The molecule has 0 saturated heterocycles. The molecule has 0 saturated carbocycles. The molecule has 0 radical (unpaired) electrons. The molecule has 2 heteroatoms. The molecule has 0 spiro atoms. The van der Waals surface area contributed by atoms with Gasteiger partial charge in [-0.25, -0.2) is 0 Å². The topological polar surface area (TPSA) is 32.9 Å². The summed E-state index contributed by atoms with van der Waals surface area (Å²) in [7, 11) is 0. The first kappa shape index (κ1) is 13.6. The predicted octanol–water partition coefficient (Wildman–Crippen LogP) is 4.49. The van der Waals surface area contributed by atoms with E-state index in [9.17, 15) is 4.79 Å². The summed E-state index contributed by atoms with van der Waals surface area (Å²) in [6, 6.07) is 17.7. The molecule has 0 aliphatic carbocycles. The molecule has 2 nitrogen and oxygen atoms in total. The Labute approximate surface area is 124 Å². The van der Waals surface area contributed by atoms with Crippen LogP contribution in [0, 0.1) is 0 Å². The molecule has 3 rings (SSSR count). The highest BCUT2D eigenvalue weighted by Crippen LogP contribution is 2.25. The lowest BCUT2D eigenvalue weighted by Crippen LogP contribution is -2.10. The standard InChI is InChI=1S/C19H19NO/c1-19(2,3)14-10-8-13(9-11-14)17-12-18(21)15-6-4-5-7-16(15)20-17/h4-12H,1-3H3,(H,20,21). The zero-order chi connectivity index (χ0) is 15.0. The number of benzene rings is 2. The Morgan fingerprint density at radius 3 is 2.24 bits per heavy atom. The fourth-order valence-corrected chi connectivity index (χ4v) is 2.50. The first-order valence-electron chi connectivity index (χ1n) is 7.18. The van der Waals surface area contributed by atoms with Gasteiger partial charge in [-0.05, 0) is 28.7 Å². The minimum absolute atomic E-state index is 0.0549. The Bertz CT molecular complexity index is 836. The van der Waals surface area contributed by atoms with Crippen LogP contribution >= 0.6 is 0 Å². The normalized spacial score (nSPS) is 11.8. The number of H-pyrrole nitrogens is 1. The first-order valence-corrected chi connectivity index (χ1v) is 7.18. The van der Waals surface area contributed by atoms with Gasteiger partial charge < -0.3 is 4.98 Å². The van der Waals surface area contributed by atoms with Gasteiger partial charge in [0.05, 0.1) is 0 Å². The number of para-hydroxylation sites is 1. The maximum Gasteiger partial charge on any atom is 0.190 e. The van der Waals surface area contributed by atoms with Crippen LogP contribution in [-0.2, 0) is 5.41 Å². The van der Waals surface area contributed by atoms with Gasteiger partial charge in [-0.15, -0.1) is 0 Å². The van der Waals surface area contributed by atoms with Crippen LogP contribution in [0.3, 0.4) is 0 Å². The number of fused-ring (bicyclic) bond motifs is 1. The van der Waals surface area contributed by atoms with Crippen LogP contribution in [0.25, 0.3) is 22.2 Å². The van der Waals surface area contributed by atoms with Crippen LogP contribution in [0.4, 0.5) is 0 Å². The fraction of sp³-hybridized carbons (Fsp3) is 0.211. The molecule has 3 aromatic rings. The molecule has 1 N–H and O–H groups in total. The molecule has 106 valence electrons. The second-order valence-electron chi connectivity index (χ2n) is 6.42. The van der Waals surface area contributed by atoms with Crippen molar-refractivity contribution in [3.8, 4) is 11.3 Å². The Balaban J connectivity index is 2.10. The van der Waals surface area contributed by atoms with Crippen LogP contribution in [0.1, 0.15) is 26.3 Å². The van der Waals surface area contributed by atoms with Crippen molar-refractivity contribution in [3.05, 3.63) is 70.4 Å².